The standard InChI is InChI=1S/C19H21F2N3O4S/c1-13-3-5-14(6-4-13)23-18(25)12-24(2)19(26)9-10-22-29(27,28)15-7-8-16(20)17(21)11-15/h3-8,11,22H,9-10,12H2,1-2H3,(H,23,25). The average molecular weight is 425 g/mol. The highest BCUT2D eigenvalue weighted by Gasteiger charge is 2.18. The van der Waals surface area contributed by atoms with E-state index in [2.05, 4.69) is 10.0 Å². The molecule has 0 saturated carbocycles. The molecule has 0 fully saturated rings. The molecule has 10 heteroatoms. The average Bonchev–Trinajstić information content (AvgIpc) is 2.65. The normalized spacial score (nSPS) is 11.2. The van der Waals surface area contributed by atoms with Crippen LogP contribution >= 0.6 is 0 Å². The molecule has 0 atom stereocenters. The summed E-state index contributed by atoms with van der Waals surface area (Å²) < 4.78 is 52.4. The molecule has 2 aromatic rings. The number of nitrogens with one attached hydrogen (secondary N) is 2. The van der Waals surface area contributed by atoms with Gasteiger partial charge in [-0.1, -0.05) is 17.7 Å². The van der Waals surface area contributed by atoms with Crippen molar-refractivity contribution >= 4 is 27.5 Å². The number of anilines is 1. The van der Waals surface area contributed by atoms with Gasteiger partial charge in [0, 0.05) is 25.7 Å². The molecule has 0 aromatic heterocycles. The summed E-state index contributed by atoms with van der Waals surface area (Å²) in [5, 5.41) is 2.66. The van der Waals surface area contributed by atoms with Gasteiger partial charge in [-0.25, -0.2) is 21.9 Å². The molecule has 0 aliphatic heterocycles. The van der Waals surface area contributed by atoms with Crippen molar-refractivity contribution in [1.82, 2.24) is 9.62 Å². The van der Waals surface area contributed by atoms with Crippen molar-refractivity contribution in [2.24, 2.45) is 0 Å². The third kappa shape index (κ3) is 6.61. The first-order valence-corrected chi connectivity index (χ1v) is 10.1. The molecular weight excluding hydrogens is 404 g/mol. The molecule has 2 amide bonds. The van der Waals surface area contributed by atoms with Gasteiger partial charge in [-0.2, -0.15) is 0 Å². The van der Waals surface area contributed by atoms with Crippen molar-refractivity contribution in [3.63, 3.8) is 0 Å². The lowest BCUT2D eigenvalue weighted by Gasteiger charge is -2.17. The number of hydrogen-bond acceptors (Lipinski definition) is 4. The summed E-state index contributed by atoms with van der Waals surface area (Å²) in [6.45, 7) is 1.45. The van der Waals surface area contributed by atoms with Crippen molar-refractivity contribution in [2.75, 3.05) is 25.5 Å². The van der Waals surface area contributed by atoms with Crippen LogP contribution in [0.3, 0.4) is 0 Å². The zero-order chi connectivity index (χ0) is 21.6. The predicted octanol–water partition coefficient (Wildman–Crippen LogP) is 2.04. The van der Waals surface area contributed by atoms with Gasteiger partial charge in [0.15, 0.2) is 11.6 Å². The van der Waals surface area contributed by atoms with Crippen LogP contribution in [0.1, 0.15) is 12.0 Å². The van der Waals surface area contributed by atoms with E-state index in [-0.39, 0.29) is 19.5 Å². The minimum Gasteiger partial charge on any atom is -0.336 e. The second kappa shape index (κ2) is 9.57. The van der Waals surface area contributed by atoms with E-state index in [0.29, 0.717) is 17.8 Å². The van der Waals surface area contributed by atoms with Gasteiger partial charge in [0.2, 0.25) is 21.8 Å². The van der Waals surface area contributed by atoms with Gasteiger partial charge in [-0.15, -0.1) is 0 Å². The van der Waals surface area contributed by atoms with E-state index in [1.165, 1.54) is 7.05 Å². The molecule has 2 aromatic carbocycles. The third-order valence-electron chi connectivity index (χ3n) is 3.97. The monoisotopic (exact) mass is 425 g/mol. The first-order chi connectivity index (χ1) is 13.6. The van der Waals surface area contributed by atoms with Crippen LogP contribution in [0.15, 0.2) is 47.4 Å². The Kier molecular flexibility index (Phi) is 7.40. The van der Waals surface area contributed by atoms with E-state index in [1.807, 2.05) is 19.1 Å². The van der Waals surface area contributed by atoms with Crippen molar-refractivity contribution in [1.29, 1.82) is 0 Å². The molecule has 0 radical (unpaired) electrons. The molecule has 7 nitrogen and oxygen atoms in total. The van der Waals surface area contributed by atoms with Crippen molar-refractivity contribution < 1.29 is 26.8 Å². The van der Waals surface area contributed by atoms with Crippen LogP contribution in [0.4, 0.5) is 14.5 Å². The minimum absolute atomic E-state index is 0.206. The number of halogens is 2. The predicted molar refractivity (Wildman–Crippen MR) is 104 cm³/mol. The van der Waals surface area contributed by atoms with Crippen LogP contribution in [-0.4, -0.2) is 45.3 Å². The van der Waals surface area contributed by atoms with Gasteiger partial charge >= 0.3 is 0 Å². The smallest absolute Gasteiger partial charge is 0.243 e. The number of nitrogens with zero attached hydrogens (tertiary/aromatic N) is 1. The first kappa shape index (κ1) is 22.4. The molecule has 0 unspecified atom stereocenters. The second-order valence-corrected chi connectivity index (χ2v) is 8.15. The number of sulfonamides is 1. The molecule has 2 rings (SSSR count). The Morgan fingerprint density at radius 3 is 2.31 bits per heavy atom. The largest absolute Gasteiger partial charge is 0.336 e. The number of aryl methyl sites for hydroxylation is 1. The van der Waals surface area contributed by atoms with Gasteiger partial charge < -0.3 is 10.2 Å². The summed E-state index contributed by atoms with van der Waals surface area (Å²) in [7, 11) is -2.68. The maximum absolute atomic E-state index is 13.2. The van der Waals surface area contributed by atoms with E-state index < -0.39 is 38.4 Å². The third-order valence-corrected chi connectivity index (χ3v) is 5.43. The van der Waals surface area contributed by atoms with E-state index in [1.54, 1.807) is 12.1 Å². The molecule has 0 aliphatic rings. The number of amides is 2. The molecule has 0 aliphatic carbocycles. The summed E-state index contributed by atoms with van der Waals surface area (Å²) >= 11 is 0. The number of carbonyl (C=O) groups excluding carboxylic acids is 2. The first-order valence-electron chi connectivity index (χ1n) is 8.63. The lowest BCUT2D eigenvalue weighted by Crippen LogP contribution is -2.37. The molecule has 156 valence electrons. The second-order valence-electron chi connectivity index (χ2n) is 6.39. The summed E-state index contributed by atoms with van der Waals surface area (Å²) in [6.07, 6.45) is -0.211. The van der Waals surface area contributed by atoms with Gasteiger partial charge in [0.05, 0.1) is 11.4 Å². The molecule has 0 bridgehead atoms. The fraction of sp³-hybridized carbons (Fsp3) is 0.263. The van der Waals surface area contributed by atoms with E-state index in [0.717, 1.165) is 16.5 Å². The van der Waals surface area contributed by atoms with Crippen LogP contribution in [-0.2, 0) is 19.6 Å². The van der Waals surface area contributed by atoms with Crippen LogP contribution in [0.5, 0.6) is 0 Å². The van der Waals surface area contributed by atoms with Gasteiger partial charge in [-0.3, -0.25) is 9.59 Å². The Morgan fingerprint density at radius 1 is 1.03 bits per heavy atom. The highest BCUT2D eigenvalue weighted by Crippen LogP contribution is 2.13. The molecule has 0 spiro atoms. The van der Waals surface area contributed by atoms with E-state index in [9.17, 15) is 26.8 Å². The number of carbonyl (C=O) groups is 2. The lowest BCUT2D eigenvalue weighted by atomic mass is 10.2. The Hall–Kier alpha value is -2.85. The molecular formula is C19H21F2N3O4S. The van der Waals surface area contributed by atoms with Crippen LogP contribution in [0, 0.1) is 18.6 Å². The zero-order valence-corrected chi connectivity index (χ0v) is 16.7. The Morgan fingerprint density at radius 2 is 1.69 bits per heavy atom. The number of hydrogen-bond donors (Lipinski definition) is 2. The zero-order valence-electron chi connectivity index (χ0n) is 15.9. The fourth-order valence-electron chi connectivity index (χ4n) is 2.35. The van der Waals surface area contributed by atoms with Crippen LogP contribution in [0.2, 0.25) is 0 Å². The summed E-state index contributed by atoms with van der Waals surface area (Å²) in [4.78, 5) is 24.8. The topological polar surface area (TPSA) is 95.6 Å². The number of benzene rings is 2. The molecule has 0 saturated heterocycles. The van der Waals surface area contributed by atoms with Crippen LogP contribution < -0.4 is 10.0 Å². The number of rotatable bonds is 8. The maximum atomic E-state index is 13.2. The summed E-state index contributed by atoms with van der Waals surface area (Å²) in [5.74, 6) is -3.31. The SMILES string of the molecule is Cc1ccc(NC(=O)CN(C)C(=O)CCNS(=O)(=O)c2ccc(F)c(F)c2)cc1. The Balaban J connectivity index is 1.82. The van der Waals surface area contributed by atoms with Gasteiger partial charge in [-0.05, 0) is 37.3 Å². The molecule has 2 N–H and O–H groups in total. The highest BCUT2D eigenvalue weighted by atomic mass is 32.2. The lowest BCUT2D eigenvalue weighted by molar-refractivity contribution is -0.133. The van der Waals surface area contributed by atoms with E-state index >= 15 is 0 Å². The fourth-order valence-corrected chi connectivity index (χ4v) is 3.39. The van der Waals surface area contributed by atoms with Crippen LogP contribution in [0.25, 0.3) is 0 Å². The van der Waals surface area contributed by atoms with Crippen molar-refractivity contribution in [2.45, 2.75) is 18.2 Å². The summed E-state index contributed by atoms with van der Waals surface area (Å²) in [5.41, 5.74) is 1.64. The van der Waals surface area contributed by atoms with Gasteiger partial charge in [0.25, 0.3) is 0 Å². The number of likely N-dealkylation sites (N-methyl/N-ethyl adjacent to an activating group) is 1. The van der Waals surface area contributed by atoms with Crippen molar-refractivity contribution in [3.8, 4) is 0 Å². The van der Waals surface area contributed by atoms with Gasteiger partial charge in [0.1, 0.15) is 0 Å². The highest BCUT2D eigenvalue weighted by molar-refractivity contribution is 7.89. The van der Waals surface area contributed by atoms with Crippen molar-refractivity contribution in [3.05, 3.63) is 59.7 Å². The minimum atomic E-state index is -4.09. The molecule has 29 heavy (non-hydrogen) atoms. The maximum Gasteiger partial charge on any atom is 0.243 e. The Labute approximate surface area is 167 Å². The quantitative estimate of drug-likeness (QED) is 0.677. The Bertz CT molecular complexity index is 995. The summed E-state index contributed by atoms with van der Waals surface area (Å²) in [6, 6.07) is 9.33. The molecule has 0 heterocycles. The van der Waals surface area contributed by atoms with E-state index in [4.69, 9.17) is 0 Å².